The number of nitrogens with one attached hydrogen (secondary N) is 2. The highest BCUT2D eigenvalue weighted by atomic mass is 16.2. The van der Waals surface area contributed by atoms with Gasteiger partial charge in [-0.25, -0.2) is 10.8 Å². The van der Waals surface area contributed by atoms with E-state index in [4.69, 9.17) is 5.84 Å². The van der Waals surface area contributed by atoms with Crippen LogP contribution in [0.3, 0.4) is 0 Å². The number of nitrogens with two attached hydrogens (primary N) is 1. The van der Waals surface area contributed by atoms with Gasteiger partial charge in [0, 0.05) is 11.3 Å². The molecule has 0 fully saturated rings. The van der Waals surface area contributed by atoms with Gasteiger partial charge in [-0.1, -0.05) is 42.5 Å². The predicted molar refractivity (Wildman–Crippen MR) is 77.9 cm³/mol. The molecule has 0 aliphatic carbocycles. The maximum Gasteiger partial charge on any atom is 0.285 e. The van der Waals surface area contributed by atoms with Gasteiger partial charge in [0.15, 0.2) is 5.69 Å². The Kier molecular flexibility index (Phi) is 2.96. The van der Waals surface area contributed by atoms with E-state index in [9.17, 15) is 4.79 Å². The average molecular weight is 266 g/mol. The molecule has 4 N–H and O–H groups in total. The van der Waals surface area contributed by atoms with Gasteiger partial charge in [0.1, 0.15) is 5.82 Å². The molecule has 0 spiro atoms. The maximum atomic E-state index is 11.6. The van der Waals surface area contributed by atoms with Gasteiger partial charge >= 0.3 is 0 Å². The van der Waals surface area contributed by atoms with Crippen molar-refractivity contribution >= 4 is 16.7 Å². The van der Waals surface area contributed by atoms with Crippen molar-refractivity contribution in [2.75, 3.05) is 0 Å². The molecule has 2 aromatic carbocycles. The first-order chi connectivity index (χ1) is 9.70. The molecule has 0 atom stereocenters. The number of hydrazine groups is 1. The van der Waals surface area contributed by atoms with Crippen LogP contribution in [-0.2, 0) is 0 Å². The lowest BCUT2D eigenvalue weighted by molar-refractivity contribution is 0.0948. The standard InChI is InChI=1S/C15H14N4O/c1-9-13(15(20)19-16)18-14(17-9)12-8-4-6-10-5-2-3-7-11(10)12/h2-8H,16H2,1H3,(H,17,18)(H,19,20). The number of H-pyrrole nitrogens is 1. The molecule has 100 valence electrons. The summed E-state index contributed by atoms with van der Waals surface area (Å²) in [6.45, 7) is 1.80. The van der Waals surface area contributed by atoms with E-state index in [1.807, 2.05) is 42.5 Å². The molecule has 3 aromatic rings. The Labute approximate surface area is 115 Å². The van der Waals surface area contributed by atoms with Gasteiger partial charge in [0.05, 0.1) is 0 Å². The lowest BCUT2D eigenvalue weighted by Crippen LogP contribution is -2.30. The molecule has 1 amide bonds. The summed E-state index contributed by atoms with van der Waals surface area (Å²) in [6.07, 6.45) is 0. The van der Waals surface area contributed by atoms with E-state index < -0.39 is 5.91 Å². The van der Waals surface area contributed by atoms with E-state index in [0.717, 1.165) is 16.3 Å². The number of imidazole rings is 1. The summed E-state index contributed by atoms with van der Waals surface area (Å²) in [5.74, 6) is 5.42. The number of carbonyl (C=O) groups is 1. The molecule has 0 aliphatic heterocycles. The summed E-state index contributed by atoms with van der Waals surface area (Å²) in [7, 11) is 0. The van der Waals surface area contributed by atoms with Gasteiger partial charge in [0.25, 0.3) is 5.91 Å². The zero-order valence-electron chi connectivity index (χ0n) is 11.0. The van der Waals surface area contributed by atoms with Gasteiger partial charge in [0.2, 0.25) is 0 Å². The summed E-state index contributed by atoms with van der Waals surface area (Å²) in [6, 6.07) is 14.0. The van der Waals surface area contributed by atoms with E-state index in [0.29, 0.717) is 17.2 Å². The molecule has 20 heavy (non-hydrogen) atoms. The van der Waals surface area contributed by atoms with E-state index in [-0.39, 0.29) is 0 Å². The van der Waals surface area contributed by atoms with Crippen LogP contribution in [0.4, 0.5) is 0 Å². The summed E-state index contributed by atoms with van der Waals surface area (Å²) in [5.41, 5.74) is 4.07. The topological polar surface area (TPSA) is 83.8 Å². The number of nitrogen functional groups attached to an aromatic ring is 1. The third-order valence-corrected chi connectivity index (χ3v) is 3.28. The first-order valence-corrected chi connectivity index (χ1v) is 6.26. The molecule has 0 saturated heterocycles. The second kappa shape index (κ2) is 4.79. The first-order valence-electron chi connectivity index (χ1n) is 6.26. The van der Waals surface area contributed by atoms with Crippen LogP contribution in [0.2, 0.25) is 0 Å². The molecule has 1 heterocycles. The van der Waals surface area contributed by atoms with Crippen molar-refractivity contribution in [1.82, 2.24) is 15.4 Å². The molecule has 0 radical (unpaired) electrons. The SMILES string of the molecule is Cc1[nH]c(-c2cccc3ccccc23)nc1C(=O)NN. The Morgan fingerprint density at radius 2 is 1.95 bits per heavy atom. The van der Waals surface area contributed by atoms with Crippen LogP contribution in [-0.4, -0.2) is 15.9 Å². The van der Waals surface area contributed by atoms with Crippen molar-refractivity contribution < 1.29 is 4.79 Å². The fourth-order valence-electron chi connectivity index (χ4n) is 2.31. The molecule has 0 saturated carbocycles. The lowest BCUT2D eigenvalue weighted by Gasteiger charge is -2.03. The molecule has 1 aromatic heterocycles. The molecule has 0 unspecified atom stereocenters. The van der Waals surface area contributed by atoms with Gasteiger partial charge in [-0.15, -0.1) is 0 Å². The number of hydrogen-bond acceptors (Lipinski definition) is 3. The van der Waals surface area contributed by atoms with Crippen LogP contribution < -0.4 is 11.3 Å². The smallest absolute Gasteiger partial charge is 0.285 e. The van der Waals surface area contributed by atoms with Crippen molar-refractivity contribution in [3.05, 3.63) is 53.9 Å². The van der Waals surface area contributed by atoms with Crippen molar-refractivity contribution in [1.29, 1.82) is 0 Å². The number of carbonyl (C=O) groups excluding carboxylic acids is 1. The third-order valence-electron chi connectivity index (χ3n) is 3.28. The monoisotopic (exact) mass is 266 g/mol. The number of aromatic amines is 1. The fraction of sp³-hybridized carbons (Fsp3) is 0.0667. The zero-order chi connectivity index (χ0) is 14.1. The Morgan fingerprint density at radius 3 is 2.75 bits per heavy atom. The molecule has 5 heteroatoms. The highest BCUT2D eigenvalue weighted by Gasteiger charge is 2.15. The number of fused-ring (bicyclic) bond motifs is 1. The Hall–Kier alpha value is -2.66. The Bertz CT molecular complexity index is 786. The van der Waals surface area contributed by atoms with Crippen LogP contribution in [0.1, 0.15) is 16.2 Å². The molecule has 0 bridgehead atoms. The number of amides is 1. The minimum Gasteiger partial charge on any atom is -0.341 e. The summed E-state index contributed by atoms with van der Waals surface area (Å²) >= 11 is 0. The molecule has 0 aliphatic rings. The van der Waals surface area contributed by atoms with Gasteiger partial charge in [-0.05, 0) is 17.7 Å². The fourth-order valence-corrected chi connectivity index (χ4v) is 2.31. The molecular weight excluding hydrogens is 252 g/mol. The Balaban J connectivity index is 2.19. The van der Waals surface area contributed by atoms with Crippen LogP contribution >= 0.6 is 0 Å². The third kappa shape index (κ3) is 1.94. The van der Waals surface area contributed by atoms with Gasteiger partial charge in [-0.2, -0.15) is 0 Å². The van der Waals surface area contributed by atoms with Crippen molar-refractivity contribution in [3.63, 3.8) is 0 Å². The van der Waals surface area contributed by atoms with E-state index >= 15 is 0 Å². The van der Waals surface area contributed by atoms with Crippen molar-refractivity contribution in [2.24, 2.45) is 5.84 Å². The zero-order valence-corrected chi connectivity index (χ0v) is 11.0. The van der Waals surface area contributed by atoms with Crippen molar-refractivity contribution in [3.8, 4) is 11.4 Å². The molecular formula is C15H14N4O. The second-order valence-corrected chi connectivity index (χ2v) is 4.56. The predicted octanol–water partition coefficient (Wildman–Crippen LogP) is 2.14. The van der Waals surface area contributed by atoms with Crippen LogP contribution in [0, 0.1) is 6.92 Å². The minimum absolute atomic E-state index is 0.315. The van der Waals surface area contributed by atoms with Gasteiger partial charge < -0.3 is 4.98 Å². The summed E-state index contributed by atoms with van der Waals surface area (Å²) < 4.78 is 0. The number of aryl methyl sites for hydroxylation is 1. The van der Waals surface area contributed by atoms with Gasteiger partial charge in [-0.3, -0.25) is 10.2 Å². The quantitative estimate of drug-likeness (QED) is 0.377. The largest absolute Gasteiger partial charge is 0.341 e. The maximum absolute atomic E-state index is 11.6. The lowest BCUT2D eigenvalue weighted by atomic mass is 10.0. The van der Waals surface area contributed by atoms with E-state index in [1.165, 1.54) is 0 Å². The molecule has 3 rings (SSSR count). The number of hydrogen-bond donors (Lipinski definition) is 3. The highest BCUT2D eigenvalue weighted by Crippen LogP contribution is 2.27. The summed E-state index contributed by atoms with van der Waals surface area (Å²) in [4.78, 5) is 19.1. The highest BCUT2D eigenvalue weighted by molar-refractivity contribution is 5.97. The first kappa shape index (κ1) is 12.4. The van der Waals surface area contributed by atoms with Crippen molar-refractivity contribution in [2.45, 2.75) is 6.92 Å². The van der Waals surface area contributed by atoms with Crippen LogP contribution in [0.5, 0.6) is 0 Å². The Morgan fingerprint density at radius 1 is 1.20 bits per heavy atom. The number of benzene rings is 2. The van der Waals surface area contributed by atoms with Crippen LogP contribution in [0.15, 0.2) is 42.5 Å². The van der Waals surface area contributed by atoms with E-state index in [1.54, 1.807) is 6.92 Å². The second-order valence-electron chi connectivity index (χ2n) is 4.56. The summed E-state index contributed by atoms with van der Waals surface area (Å²) in [5, 5.41) is 2.22. The average Bonchev–Trinajstić information content (AvgIpc) is 2.87. The molecule has 5 nitrogen and oxygen atoms in total. The number of rotatable bonds is 2. The van der Waals surface area contributed by atoms with Crippen LogP contribution in [0.25, 0.3) is 22.2 Å². The minimum atomic E-state index is -0.398. The normalized spacial score (nSPS) is 10.7. The number of nitrogens with zero attached hydrogens (tertiary/aromatic N) is 1. The number of aromatic nitrogens is 2. The van der Waals surface area contributed by atoms with E-state index in [2.05, 4.69) is 15.4 Å².